The van der Waals surface area contributed by atoms with Crippen LogP contribution in [-0.4, -0.2) is 55.0 Å². The van der Waals surface area contributed by atoms with Crippen molar-refractivity contribution in [2.45, 2.75) is 4.83 Å². The van der Waals surface area contributed by atoms with Crippen LogP contribution < -0.4 is 4.74 Å². The number of rotatable bonds is 7. The number of amides is 1. The quantitative estimate of drug-likeness (QED) is 0.422. The monoisotopic (exact) mass is 360 g/mol. The lowest BCUT2D eigenvalue weighted by molar-refractivity contribution is -0.385. The second kappa shape index (κ2) is 7.94. The minimum absolute atomic E-state index is 0.0105. The average Bonchev–Trinajstić information content (AvgIpc) is 2.45. The van der Waals surface area contributed by atoms with E-state index in [0.29, 0.717) is 18.7 Å². The van der Waals surface area contributed by atoms with Gasteiger partial charge in [0.1, 0.15) is 0 Å². The Labute approximate surface area is 131 Å². The average molecular weight is 361 g/mol. The normalized spacial score (nSPS) is 11.8. The third-order valence-corrected chi connectivity index (χ3v) is 3.34. The Morgan fingerprint density at radius 2 is 2.14 bits per heavy atom. The van der Waals surface area contributed by atoms with E-state index in [1.807, 2.05) is 0 Å². The second-order valence-corrected chi connectivity index (χ2v) is 5.68. The van der Waals surface area contributed by atoms with Crippen LogP contribution in [0.1, 0.15) is 10.4 Å². The van der Waals surface area contributed by atoms with Crippen molar-refractivity contribution in [1.82, 2.24) is 4.90 Å². The van der Waals surface area contributed by atoms with E-state index in [2.05, 4.69) is 15.9 Å². The van der Waals surface area contributed by atoms with Crippen molar-refractivity contribution in [1.29, 1.82) is 0 Å². The molecular formula is C13H17BrN2O5. The van der Waals surface area contributed by atoms with Gasteiger partial charge in [0.2, 0.25) is 0 Å². The zero-order valence-corrected chi connectivity index (χ0v) is 13.6. The molecule has 1 unspecified atom stereocenters. The van der Waals surface area contributed by atoms with Gasteiger partial charge in [-0.05, 0) is 6.07 Å². The molecule has 0 bridgehead atoms. The summed E-state index contributed by atoms with van der Waals surface area (Å²) in [5.74, 6) is -0.185. The highest BCUT2D eigenvalue weighted by Crippen LogP contribution is 2.27. The van der Waals surface area contributed by atoms with Crippen LogP contribution in [0.4, 0.5) is 5.69 Å². The molecule has 1 amide bonds. The summed E-state index contributed by atoms with van der Waals surface area (Å²) in [5, 5.41) is 10.8. The molecule has 21 heavy (non-hydrogen) atoms. The van der Waals surface area contributed by atoms with Gasteiger partial charge in [0.15, 0.2) is 5.75 Å². The van der Waals surface area contributed by atoms with Gasteiger partial charge in [-0.1, -0.05) is 15.9 Å². The van der Waals surface area contributed by atoms with Crippen LogP contribution in [-0.2, 0) is 4.74 Å². The molecule has 0 radical (unpaired) electrons. The summed E-state index contributed by atoms with van der Waals surface area (Å²) in [6.07, 6.45) is 0. The Balaban J connectivity index is 2.89. The van der Waals surface area contributed by atoms with Crippen molar-refractivity contribution in [2.24, 2.45) is 0 Å². The highest BCUT2D eigenvalue weighted by molar-refractivity contribution is 9.09. The van der Waals surface area contributed by atoms with Gasteiger partial charge in [0, 0.05) is 38.4 Å². The number of hydrogen-bond donors (Lipinski definition) is 0. The van der Waals surface area contributed by atoms with Gasteiger partial charge < -0.3 is 14.4 Å². The van der Waals surface area contributed by atoms with Crippen molar-refractivity contribution < 1.29 is 19.2 Å². The standard InChI is InChI=1S/C13H17BrN2O5/c1-15(7-10(14)8-20-2)13(17)9-4-5-11(16(18)19)12(6-9)21-3/h4-6,10H,7-8H2,1-3H3. The van der Waals surface area contributed by atoms with Crippen LogP contribution in [0.25, 0.3) is 0 Å². The van der Waals surface area contributed by atoms with E-state index in [4.69, 9.17) is 9.47 Å². The van der Waals surface area contributed by atoms with E-state index in [1.54, 1.807) is 14.2 Å². The van der Waals surface area contributed by atoms with E-state index < -0.39 is 4.92 Å². The maximum atomic E-state index is 12.3. The van der Waals surface area contributed by atoms with Gasteiger partial charge in [-0.2, -0.15) is 0 Å². The molecule has 0 saturated heterocycles. The van der Waals surface area contributed by atoms with Gasteiger partial charge >= 0.3 is 5.69 Å². The first kappa shape index (κ1) is 17.4. The fourth-order valence-electron chi connectivity index (χ4n) is 1.80. The molecule has 0 saturated carbocycles. The number of ether oxygens (including phenoxy) is 2. The number of carbonyl (C=O) groups is 1. The van der Waals surface area contributed by atoms with Gasteiger partial charge in [0.25, 0.3) is 5.91 Å². The Hall–Kier alpha value is -1.67. The lowest BCUT2D eigenvalue weighted by Crippen LogP contribution is -2.33. The third kappa shape index (κ3) is 4.68. The Morgan fingerprint density at radius 1 is 1.48 bits per heavy atom. The number of hydrogen-bond acceptors (Lipinski definition) is 5. The molecule has 0 aliphatic heterocycles. The first-order valence-electron chi connectivity index (χ1n) is 6.11. The fourth-order valence-corrected chi connectivity index (χ4v) is 2.49. The number of nitro benzene ring substituents is 1. The summed E-state index contributed by atoms with van der Waals surface area (Å²) in [7, 11) is 4.56. The molecule has 1 aromatic rings. The molecule has 0 heterocycles. The molecule has 1 atom stereocenters. The first-order valence-corrected chi connectivity index (χ1v) is 7.03. The van der Waals surface area contributed by atoms with Gasteiger partial charge in [-0.25, -0.2) is 0 Å². The molecule has 0 aliphatic carbocycles. The number of alkyl halides is 1. The molecule has 7 nitrogen and oxygen atoms in total. The molecule has 116 valence electrons. The van der Waals surface area contributed by atoms with E-state index in [-0.39, 0.29) is 22.2 Å². The van der Waals surface area contributed by atoms with Crippen molar-refractivity contribution in [3.8, 4) is 5.75 Å². The smallest absolute Gasteiger partial charge is 0.310 e. The lowest BCUT2D eigenvalue weighted by atomic mass is 10.1. The van der Waals surface area contributed by atoms with Gasteiger partial charge in [0.05, 0.1) is 23.5 Å². The molecule has 0 spiro atoms. The summed E-state index contributed by atoms with van der Waals surface area (Å²) in [6.45, 7) is 0.924. The van der Waals surface area contributed by atoms with E-state index >= 15 is 0 Å². The van der Waals surface area contributed by atoms with Crippen LogP contribution >= 0.6 is 15.9 Å². The molecule has 8 heteroatoms. The summed E-state index contributed by atoms with van der Waals surface area (Å²) in [6, 6.07) is 4.05. The molecule has 0 aliphatic rings. The number of carbonyl (C=O) groups excluding carboxylic acids is 1. The number of halogens is 1. The molecule has 0 N–H and O–H groups in total. The maximum Gasteiger partial charge on any atom is 0.310 e. The van der Waals surface area contributed by atoms with Crippen molar-refractivity contribution in [3.63, 3.8) is 0 Å². The molecule has 1 rings (SSSR count). The van der Waals surface area contributed by atoms with E-state index in [0.717, 1.165) is 0 Å². The molecule has 0 fully saturated rings. The SMILES string of the molecule is COCC(Br)CN(C)C(=O)c1ccc([N+](=O)[O-])c(OC)c1. The van der Waals surface area contributed by atoms with Crippen molar-refractivity contribution in [3.05, 3.63) is 33.9 Å². The predicted molar refractivity (Wildman–Crippen MR) is 81.2 cm³/mol. The summed E-state index contributed by atoms with van der Waals surface area (Å²) < 4.78 is 9.94. The summed E-state index contributed by atoms with van der Waals surface area (Å²) in [4.78, 5) is 24.1. The van der Waals surface area contributed by atoms with Crippen molar-refractivity contribution >= 4 is 27.5 Å². The molecular weight excluding hydrogens is 344 g/mol. The zero-order valence-electron chi connectivity index (χ0n) is 12.0. The minimum Gasteiger partial charge on any atom is -0.490 e. The molecule has 0 aromatic heterocycles. The lowest BCUT2D eigenvalue weighted by Gasteiger charge is -2.20. The van der Waals surface area contributed by atoms with E-state index in [9.17, 15) is 14.9 Å². The number of nitrogens with zero attached hydrogens (tertiary/aromatic N) is 2. The third-order valence-electron chi connectivity index (χ3n) is 2.79. The largest absolute Gasteiger partial charge is 0.490 e. The summed E-state index contributed by atoms with van der Waals surface area (Å²) in [5.41, 5.74) is 0.159. The number of benzene rings is 1. The Kier molecular flexibility index (Phi) is 6.57. The van der Waals surface area contributed by atoms with E-state index in [1.165, 1.54) is 30.2 Å². The molecule has 1 aromatic carbocycles. The topological polar surface area (TPSA) is 81.9 Å². The predicted octanol–water partition coefficient (Wildman–Crippen LogP) is 2.09. The van der Waals surface area contributed by atoms with Crippen LogP contribution in [0.2, 0.25) is 0 Å². The van der Waals surface area contributed by atoms with Gasteiger partial charge in [-0.15, -0.1) is 0 Å². The van der Waals surface area contributed by atoms with Crippen LogP contribution in [0, 0.1) is 10.1 Å². The zero-order chi connectivity index (χ0) is 16.0. The first-order chi connectivity index (χ1) is 9.90. The highest BCUT2D eigenvalue weighted by Gasteiger charge is 2.20. The van der Waals surface area contributed by atoms with Crippen LogP contribution in [0.5, 0.6) is 5.75 Å². The number of nitro groups is 1. The highest BCUT2D eigenvalue weighted by atomic mass is 79.9. The Bertz CT molecular complexity index is 523. The van der Waals surface area contributed by atoms with Crippen molar-refractivity contribution in [2.75, 3.05) is 34.4 Å². The fraction of sp³-hybridized carbons (Fsp3) is 0.462. The van der Waals surface area contributed by atoms with Gasteiger partial charge in [-0.3, -0.25) is 14.9 Å². The second-order valence-electron chi connectivity index (χ2n) is 4.38. The Morgan fingerprint density at radius 3 is 2.67 bits per heavy atom. The van der Waals surface area contributed by atoms with Crippen LogP contribution in [0.3, 0.4) is 0 Å². The maximum absolute atomic E-state index is 12.3. The minimum atomic E-state index is -0.552. The number of methoxy groups -OCH3 is 2. The van der Waals surface area contributed by atoms with Crippen LogP contribution in [0.15, 0.2) is 18.2 Å². The summed E-state index contributed by atoms with van der Waals surface area (Å²) >= 11 is 3.41.